The third-order valence-electron chi connectivity index (χ3n) is 1.55. The van der Waals surface area contributed by atoms with Crippen molar-refractivity contribution in [2.45, 2.75) is 0 Å². The predicted molar refractivity (Wildman–Crippen MR) is 62.6 cm³/mol. The zero-order chi connectivity index (χ0) is 10.5. The van der Waals surface area contributed by atoms with Crippen molar-refractivity contribution in [1.29, 1.82) is 0 Å². The van der Waals surface area contributed by atoms with Crippen LogP contribution in [0.25, 0.3) is 0 Å². The van der Waals surface area contributed by atoms with Gasteiger partial charge in [0.2, 0.25) is 0 Å². The van der Waals surface area contributed by atoms with E-state index in [1.54, 1.807) is 29.7 Å². The Balaban J connectivity index is 1.96. The monoisotopic (exact) mass is 238 g/mol. The lowest BCUT2D eigenvalue weighted by molar-refractivity contribution is 1.02. The number of hydrazone groups is 1. The van der Waals surface area contributed by atoms with Crippen LogP contribution in [0.1, 0.15) is 4.88 Å². The zero-order valence-electron chi connectivity index (χ0n) is 7.59. The molecule has 0 radical (unpaired) electrons. The predicted octanol–water partition coefficient (Wildman–Crippen LogP) is 2.64. The van der Waals surface area contributed by atoms with Crippen molar-refractivity contribution in [1.82, 2.24) is 10.2 Å². The van der Waals surface area contributed by atoms with E-state index in [0.29, 0.717) is 11.0 Å². The lowest BCUT2D eigenvalue weighted by Crippen LogP contribution is -1.94. The first-order chi connectivity index (χ1) is 7.34. The molecule has 0 spiro atoms. The molecule has 2 heterocycles. The number of hydrogen-bond acceptors (Lipinski definition) is 5. The summed E-state index contributed by atoms with van der Waals surface area (Å²) in [4.78, 5) is 1.07. The first-order valence-electron chi connectivity index (χ1n) is 4.16. The number of halogens is 1. The Kier molecular flexibility index (Phi) is 3.26. The number of rotatable bonds is 3. The highest BCUT2D eigenvalue weighted by molar-refractivity contribution is 7.11. The summed E-state index contributed by atoms with van der Waals surface area (Å²) >= 11 is 7.20. The van der Waals surface area contributed by atoms with Gasteiger partial charge in [0.1, 0.15) is 0 Å². The average Bonchev–Trinajstić information content (AvgIpc) is 2.74. The summed E-state index contributed by atoms with van der Waals surface area (Å²) in [5.74, 6) is 0.562. The minimum Gasteiger partial charge on any atom is -0.260 e. The number of aromatic nitrogens is 2. The molecule has 6 heteroatoms. The van der Waals surface area contributed by atoms with Gasteiger partial charge in [0.25, 0.3) is 0 Å². The van der Waals surface area contributed by atoms with E-state index in [-0.39, 0.29) is 0 Å². The number of anilines is 1. The molecule has 0 amide bonds. The molecule has 2 aromatic rings. The van der Waals surface area contributed by atoms with Gasteiger partial charge < -0.3 is 0 Å². The molecule has 0 unspecified atom stereocenters. The Morgan fingerprint density at radius 2 is 2.27 bits per heavy atom. The van der Waals surface area contributed by atoms with Crippen LogP contribution in [-0.2, 0) is 0 Å². The van der Waals surface area contributed by atoms with E-state index in [1.165, 1.54) is 0 Å². The quantitative estimate of drug-likeness (QED) is 0.661. The molecule has 0 aliphatic heterocycles. The number of thiophene rings is 1. The van der Waals surface area contributed by atoms with Crippen molar-refractivity contribution < 1.29 is 0 Å². The van der Waals surface area contributed by atoms with E-state index in [9.17, 15) is 0 Å². The topological polar surface area (TPSA) is 50.2 Å². The molecule has 2 rings (SSSR count). The van der Waals surface area contributed by atoms with Crippen LogP contribution in [0.3, 0.4) is 0 Å². The van der Waals surface area contributed by atoms with Gasteiger partial charge in [-0.15, -0.1) is 21.5 Å². The van der Waals surface area contributed by atoms with Gasteiger partial charge in [-0.05, 0) is 23.6 Å². The first kappa shape index (κ1) is 10.1. The molecule has 0 saturated heterocycles. The van der Waals surface area contributed by atoms with Crippen LogP contribution in [0.4, 0.5) is 5.82 Å². The number of nitrogens with one attached hydrogen (secondary N) is 1. The van der Waals surface area contributed by atoms with Crippen LogP contribution in [0.5, 0.6) is 0 Å². The molecule has 0 aromatic carbocycles. The van der Waals surface area contributed by atoms with Gasteiger partial charge in [-0.3, -0.25) is 5.43 Å². The third-order valence-corrected chi connectivity index (χ3v) is 2.55. The molecule has 1 N–H and O–H groups in total. The second kappa shape index (κ2) is 4.86. The fourth-order valence-corrected chi connectivity index (χ4v) is 1.59. The van der Waals surface area contributed by atoms with E-state index in [2.05, 4.69) is 20.7 Å². The van der Waals surface area contributed by atoms with E-state index < -0.39 is 0 Å². The molecular weight excluding hydrogens is 232 g/mol. The van der Waals surface area contributed by atoms with Crippen molar-refractivity contribution >= 4 is 35.0 Å². The average molecular weight is 239 g/mol. The van der Waals surface area contributed by atoms with Crippen LogP contribution in [-0.4, -0.2) is 16.4 Å². The molecule has 0 fully saturated rings. The summed E-state index contributed by atoms with van der Waals surface area (Å²) < 4.78 is 0. The van der Waals surface area contributed by atoms with E-state index in [1.807, 2.05) is 17.5 Å². The first-order valence-corrected chi connectivity index (χ1v) is 5.42. The molecule has 0 aliphatic carbocycles. The smallest absolute Gasteiger partial charge is 0.168 e. The summed E-state index contributed by atoms with van der Waals surface area (Å²) in [5, 5.41) is 13.8. The van der Waals surface area contributed by atoms with Gasteiger partial charge in [0, 0.05) is 4.88 Å². The fourth-order valence-electron chi connectivity index (χ4n) is 0.902. The highest BCUT2D eigenvalue weighted by atomic mass is 35.5. The highest BCUT2D eigenvalue weighted by Gasteiger charge is 1.92. The van der Waals surface area contributed by atoms with Crippen molar-refractivity contribution in [2.24, 2.45) is 5.10 Å². The van der Waals surface area contributed by atoms with Gasteiger partial charge in [-0.2, -0.15) is 5.10 Å². The van der Waals surface area contributed by atoms with Crippen molar-refractivity contribution in [3.05, 3.63) is 39.7 Å². The zero-order valence-corrected chi connectivity index (χ0v) is 9.16. The molecule has 2 aromatic heterocycles. The summed E-state index contributed by atoms with van der Waals surface area (Å²) in [7, 11) is 0. The lowest BCUT2D eigenvalue weighted by Gasteiger charge is -1.96. The van der Waals surface area contributed by atoms with Gasteiger partial charge in [0.15, 0.2) is 11.0 Å². The minimum absolute atomic E-state index is 0.364. The Hall–Kier alpha value is -1.46. The summed E-state index contributed by atoms with van der Waals surface area (Å²) in [6.45, 7) is 0. The van der Waals surface area contributed by atoms with Gasteiger partial charge in [-0.1, -0.05) is 17.7 Å². The van der Waals surface area contributed by atoms with Crippen LogP contribution < -0.4 is 5.43 Å². The maximum Gasteiger partial charge on any atom is 0.168 e. The van der Waals surface area contributed by atoms with Crippen LogP contribution in [0.2, 0.25) is 5.15 Å². The van der Waals surface area contributed by atoms with E-state index in [0.717, 1.165) is 4.88 Å². The molecular formula is C9H7ClN4S. The van der Waals surface area contributed by atoms with Crippen molar-refractivity contribution in [3.63, 3.8) is 0 Å². The van der Waals surface area contributed by atoms with Gasteiger partial charge in [-0.25, -0.2) is 0 Å². The van der Waals surface area contributed by atoms with Crippen molar-refractivity contribution in [3.8, 4) is 0 Å². The van der Waals surface area contributed by atoms with Crippen LogP contribution in [0, 0.1) is 0 Å². The third kappa shape index (κ3) is 3.00. The summed E-state index contributed by atoms with van der Waals surface area (Å²) in [6, 6.07) is 7.30. The molecule has 0 atom stereocenters. The van der Waals surface area contributed by atoms with Gasteiger partial charge >= 0.3 is 0 Å². The maximum absolute atomic E-state index is 5.59. The molecule has 76 valence electrons. The Morgan fingerprint density at radius 3 is 2.93 bits per heavy atom. The normalized spacial score (nSPS) is 10.7. The molecule has 4 nitrogen and oxygen atoms in total. The second-order valence-electron chi connectivity index (χ2n) is 2.63. The Bertz CT molecular complexity index is 438. The van der Waals surface area contributed by atoms with Crippen LogP contribution >= 0.6 is 22.9 Å². The highest BCUT2D eigenvalue weighted by Crippen LogP contribution is 2.07. The Labute approximate surface area is 95.6 Å². The minimum atomic E-state index is 0.364. The summed E-state index contributed by atoms with van der Waals surface area (Å²) in [5.41, 5.74) is 2.75. The van der Waals surface area contributed by atoms with Gasteiger partial charge in [0.05, 0.1) is 6.21 Å². The Morgan fingerprint density at radius 1 is 1.33 bits per heavy atom. The molecule has 0 bridgehead atoms. The number of hydrogen-bond donors (Lipinski definition) is 1. The molecule has 15 heavy (non-hydrogen) atoms. The maximum atomic E-state index is 5.59. The lowest BCUT2D eigenvalue weighted by atomic mass is 10.5. The largest absolute Gasteiger partial charge is 0.260 e. The second-order valence-corrected chi connectivity index (χ2v) is 3.99. The SMILES string of the molecule is Clc1ccc(N/N=C\c2cccs2)nn1. The summed E-state index contributed by atoms with van der Waals surface area (Å²) in [6.07, 6.45) is 1.72. The fraction of sp³-hybridized carbons (Fsp3) is 0. The van der Waals surface area contributed by atoms with E-state index in [4.69, 9.17) is 11.6 Å². The van der Waals surface area contributed by atoms with Crippen molar-refractivity contribution in [2.75, 3.05) is 5.43 Å². The standard InChI is InChI=1S/C9H7ClN4S/c10-8-3-4-9(14-12-8)13-11-6-7-2-1-5-15-7/h1-6H,(H,13,14)/b11-6-. The van der Waals surface area contributed by atoms with E-state index >= 15 is 0 Å². The number of nitrogens with zero attached hydrogens (tertiary/aromatic N) is 3. The van der Waals surface area contributed by atoms with Crippen LogP contribution in [0.15, 0.2) is 34.7 Å². The molecule has 0 aliphatic rings. The molecule has 0 saturated carbocycles.